The van der Waals surface area contributed by atoms with Crippen LogP contribution in [0.3, 0.4) is 0 Å². The molecular weight excluding hydrogens is 433 g/mol. The van der Waals surface area contributed by atoms with Crippen LogP contribution in [0.2, 0.25) is 0 Å². The number of benzene rings is 1. The van der Waals surface area contributed by atoms with Crippen molar-refractivity contribution in [3.05, 3.63) is 52.1 Å². The number of nitrogens with one attached hydrogen (secondary N) is 1. The molecular formula is C19H13F7N4O. The molecule has 31 heavy (non-hydrogen) atoms. The Morgan fingerprint density at radius 2 is 1.68 bits per heavy atom. The highest BCUT2D eigenvalue weighted by molar-refractivity contribution is 5.92. The summed E-state index contributed by atoms with van der Waals surface area (Å²) in [7, 11) is 0. The number of alkyl halides is 2. The number of pyridine rings is 1. The van der Waals surface area contributed by atoms with Crippen molar-refractivity contribution in [3.8, 4) is 0 Å². The molecule has 1 saturated carbocycles. The van der Waals surface area contributed by atoms with Gasteiger partial charge in [0.25, 0.3) is 6.43 Å². The Morgan fingerprint density at radius 1 is 1.10 bits per heavy atom. The van der Waals surface area contributed by atoms with Crippen molar-refractivity contribution >= 4 is 22.6 Å². The number of halogens is 7. The van der Waals surface area contributed by atoms with Crippen molar-refractivity contribution in [1.82, 2.24) is 14.8 Å². The molecule has 2 heterocycles. The summed E-state index contributed by atoms with van der Waals surface area (Å²) in [6, 6.07) is 1.29. The Balaban J connectivity index is 1.71. The predicted octanol–water partition coefficient (Wildman–Crippen LogP) is 4.89. The molecule has 0 aliphatic heterocycles. The van der Waals surface area contributed by atoms with Gasteiger partial charge in [-0.3, -0.25) is 4.79 Å². The number of fused-ring (bicyclic) bond motifs is 1. The maximum Gasteiger partial charge on any atom is 0.264 e. The Kier molecular flexibility index (Phi) is 5.10. The van der Waals surface area contributed by atoms with Crippen LogP contribution in [0.25, 0.3) is 11.0 Å². The number of hydrogen-bond acceptors (Lipinski definition) is 3. The number of nitrogens with zero attached hydrogens (tertiary/aromatic N) is 3. The highest BCUT2D eigenvalue weighted by atomic mass is 19.3. The summed E-state index contributed by atoms with van der Waals surface area (Å²) in [5, 5.41) is 5.65. The lowest BCUT2D eigenvalue weighted by molar-refractivity contribution is -0.116. The molecule has 0 atom stereocenters. The molecule has 1 aromatic carbocycles. The average molecular weight is 446 g/mol. The maximum atomic E-state index is 13.8. The summed E-state index contributed by atoms with van der Waals surface area (Å²) < 4.78 is 95.5. The minimum Gasteiger partial charge on any atom is -0.319 e. The molecule has 4 rings (SSSR count). The number of carbonyl (C=O) groups is 1. The Bertz CT molecular complexity index is 1190. The molecule has 2 aromatic heterocycles. The van der Waals surface area contributed by atoms with E-state index in [1.165, 1.54) is 13.0 Å². The zero-order valence-electron chi connectivity index (χ0n) is 15.7. The third-order valence-corrected chi connectivity index (χ3v) is 4.93. The minimum atomic E-state index is -2.83. The van der Waals surface area contributed by atoms with Crippen LogP contribution in [0.1, 0.15) is 42.1 Å². The first-order valence-electron chi connectivity index (χ1n) is 9.07. The quantitative estimate of drug-likeness (QED) is 0.345. The van der Waals surface area contributed by atoms with Gasteiger partial charge in [0.2, 0.25) is 11.7 Å². The average Bonchev–Trinajstić information content (AvgIpc) is 3.53. The topological polar surface area (TPSA) is 59.8 Å². The zero-order chi connectivity index (χ0) is 22.6. The molecule has 0 spiro atoms. The van der Waals surface area contributed by atoms with Gasteiger partial charge in [0.05, 0.1) is 11.1 Å². The first-order valence-corrected chi connectivity index (χ1v) is 9.07. The fourth-order valence-corrected chi connectivity index (χ4v) is 3.31. The van der Waals surface area contributed by atoms with E-state index in [1.54, 1.807) is 5.32 Å². The highest BCUT2D eigenvalue weighted by Crippen LogP contribution is 2.42. The summed E-state index contributed by atoms with van der Waals surface area (Å²) in [5.74, 6) is -12.4. The van der Waals surface area contributed by atoms with Crippen molar-refractivity contribution in [1.29, 1.82) is 0 Å². The normalized spacial score (nSPS) is 14.0. The maximum absolute atomic E-state index is 13.8. The molecule has 5 nitrogen and oxygen atoms in total. The van der Waals surface area contributed by atoms with E-state index < -0.39 is 53.7 Å². The van der Waals surface area contributed by atoms with Gasteiger partial charge >= 0.3 is 0 Å². The van der Waals surface area contributed by atoms with E-state index in [-0.39, 0.29) is 28.2 Å². The van der Waals surface area contributed by atoms with Crippen molar-refractivity contribution in [3.63, 3.8) is 0 Å². The summed E-state index contributed by atoms with van der Waals surface area (Å²) in [6.07, 6.45) is -1.29. The highest BCUT2D eigenvalue weighted by Gasteiger charge is 2.30. The summed E-state index contributed by atoms with van der Waals surface area (Å²) in [5.41, 5.74) is -1.32. The second-order valence-electron chi connectivity index (χ2n) is 7.15. The molecule has 164 valence electrons. The standard InChI is InChI=1S/C19H13F7N4O/c1-6-11-8(18(25)26)4-9(7-2-3-7)27-19(11)30(29-6)5-10(31)28-17-15(23)13(21)12(20)14(22)16(17)24/h4,7,18H,2-3,5H2,1H3,(H,28,31). The molecule has 3 aromatic rings. The lowest BCUT2D eigenvalue weighted by Crippen LogP contribution is -2.22. The number of amides is 1. The largest absolute Gasteiger partial charge is 0.319 e. The Hall–Kier alpha value is -3.18. The van der Waals surface area contributed by atoms with E-state index in [0.717, 1.165) is 17.5 Å². The monoisotopic (exact) mass is 446 g/mol. The van der Waals surface area contributed by atoms with E-state index in [1.807, 2.05) is 0 Å². The van der Waals surface area contributed by atoms with Crippen LogP contribution in [0, 0.1) is 36.0 Å². The van der Waals surface area contributed by atoms with Gasteiger partial charge in [0, 0.05) is 17.2 Å². The van der Waals surface area contributed by atoms with Gasteiger partial charge in [-0.2, -0.15) is 5.10 Å². The van der Waals surface area contributed by atoms with Crippen LogP contribution in [0.5, 0.6) is 0 Å². The second kappa shape index (κ2) is 7.50. The first-order chi connectivity index (χ1) is 14.6. The first kappa shape index (κ1) is 21.1. The second-order valence-corrected chi connectivity index (χ2v) is 7.15. The molecule has 1 amide bonds. The Labute approximate surface area is 169 Å². The molecule has 1 fully saturated rings. The van der Waals surface area contributed by atoms with E-state index in [4.69, 9.17) is 0 Å². The summed E-state index contributed by atoms with van der Waals surface area (Å²) in [6.45, 7) is 0.665. The number of anilines is 1. The van der Waals surface area contributed by atoms with Crippen molar-refractivity contribution in [2.75, 3.05) is 5.32 Å². The SMILES string of the molecule is Cc1nn(CC(=O)Nc2c(F)c(F)c(F)c(F)c2F)c2nc(C3CC3)cc(C(F)F)c12. The van der Waals surface area contributed by atoms with Crippen LogP contribution in [0.15, 0.2) is 6.07 Å². The molecule has 0 bridgehead atoms. The summed E-state index contributed by atoms with van der Waals surface area (Å²) >= 11 is 0. The van der Waals surface area contributed by atoms with Crippen LogP contribution >= 0.6 is 0 Å². The predicted molar refractivity (Wildman–Crippen MR) is 94.1 cm³/mol. The van der Waals surface area contributed by atoms with Gasteiger partial charge < -0.3 is 5.32 Å². The molecule has 1 aliphatic carbocycles. The third kappa shape index (κ3) is 3.59. The Morgan fingerprint density at radius 3 is 2.23 bits per heavy atom. The van der Waals surface area contributed by atoms with E-state index in [9.17, 15) is 35.5 Å². The fraction of sp³-hybridized carbons (Fsp3) is 0.316. The smallest absolute Gasteiger partial charge is 0.264 e. The molecule has 1 N–H and O–H groups in total. The zero-order valence-corrected chi connectivity index (χ0v) is 15.7. The van der Waals surface area contributed by atoms with Gasteiger partial charge in [-0.1, -0.05) is 0 Å². The van der Waals surface area contributed by atoms with E-state index in [2.05, 4.69) is 10.1 Å². The molecule has 0 unspecified atom stereocenters. The minimum absolute atomic E-state index is 0.00717. The molecule has 0 radical (unpaired) electrons. The van der Waals surface area contributed by atoms with Gasteiger partial charge in [0.1, 0.15) is 12.2 Å². The van der Waals surface area contributed by atoms with Gasteiger partial charge in [0.15, 0.2) is 28.9 Å². The number of rotatable bonds is 5. The van der Waals surface area contributed by atoms with Crippen LogP contribution in [-0.4, -0.2) is 20.7 Å². The van der Waals surface area contributed by atoms with Gasteiger partial charge in [-0.15, -0.1) is 0 Å². The van der Waals surface area contributed by atoms with E-state index in [0.29, 0.717) is 5.69 Å². The van der Waals surface area contributed by atoms with Gasteiger partial charge in [-0.05, 0) is 25.8 Å². The third-order valence-electron chi connectivity index (χ3n) is 4.93. The fourth-order valence-electron chi connectivity index (χ4n) is 3.31. The van der Waals surface area contributed by atoms with Crippen molar-refractivity contribution in [2.24, 2.45) is 0 Å². The van der Waals surface area contributed by atoms with Crippen LogP contribution in [-0.2, 0) is 11.3 Å². The van der Waals surface area contributed by atoms with Crippen LogP contribution in [0.4, 0.5) is 36.4 Å². The number of aryl methyl sites for hydroxylation is 1. The number of aromatic nitrogens is 3. The lowest BCUT2D eigenvalue weighted by Gasteiger charge is -2.11. The van der Waals surface area contributed by atoms with E-state index >= 15 is 0 Å². The number of hydrogen-bond donors (Lipinski definition) is 1. The molecule has 0 saturated heterocycles. The van der Waals surface area contributed by atoms with Crippen molar-refractivity contribution in [2.45, 2.75) is 38.7 Å². The van der Waals surface area contributed by atoms with Crippen LogP contribution < -0.4 is 5.32 Å². The molecule has 12 heteroatoms. The molecule has 1 aliphatic rings. The lowest BCUT2D eigenvalue weighted by atomic mass is 10.1. The number of carbonyl (C=O) groups excluding carboxylic acids is 1. The van der Waals surface area contributed by atoms with Gasteiger partial charge in [-0.25, -0.2) is 40.4 Å². The summed E-state index contributed by atoms with van der Waals surface area (Å²) in [4.78, 5) is 16.6. The van der Waals surface area contributed by atoms with Crippen molar-refractivity contribution < 1.29 is 35.5 Å².